The molecule has 5 nitrogen and oxygen atoms in total. The summed E-state index contributed by atoms with van der Waals surface area (Å²) in [5.41, 5.74) is 0. The normalized spacial score (nSPS) is 19.0. The fraction of sp³-hybridized carbons (Fsp3) is 0.533. The van der Waals surface area contributed by atoms with E-state index in [0.29, 0.717) is 31.7 Å². The van der Waals surface area contributed by atoms with Crippen molar-refractivity contribution in [3.05, 3.63) is 30.3 Å². The van der Waals surface area contributed by atoms with Gasteiger partial charge in [0.25, 0.3) is 0 Å². The third-order valence-electron chi connectivity index (χ3n) is 3.45. The van der Waals surface area contributed by atoms with Crippen LogP contribution in [0.5, 0.6) is 5.75 Å². The van der Waals surface area contributed by atoms with Gasteiger partial charge in [-0.1, -0.05) is 18.2 Å². The number of benzene rings is 1. The Labute approximate surface area is 135 Å². The Morgan fingerprint density at radius 2 is 2.09 bits per heavy atom. The predicted molar refractivity (Wildman–Crippen MR) is 88.8 cm³/mol. The van der Waals surface area contributed by atoms with Crippen LogP contribution in [0.4, 0.5) is 0 Å². The van der Waals surface area contributed by atoms with E-state index in [0.717, 1.165) is 11.5 Å². The molecule has 0 radical (unpaired) electrons. The molecule has 1 fully saturated rings. The number of carbonyl (C=O) groups excluding carboxylic acids is 1. The topological polar surface area (TPSA) is 63.7 Å². The van der Waals surface area contributed by atoms with Crippen molar-refractivity contribution in [2.45, 2.75) is 18.2 Å². The molecular formula is C15H21NO4S2. The molecule has 0 spiro atoms. The summed E-state index contributed by atoms with van der Waals surface area (Å²) in [6, 6.07) is 9.42. The van der Waals surface area contributed by atoms with E-state index in [9.17, 15) is 13.2 Å². The standard InChI is InChI=1S/C15H21NO4S2/c1-22(18,19)15-12-21-11-9-16(15)14(17)8-5-10-20-13-6-3-2-4-7-13/h2-4,6-7,15H,5,8-12H2,1H3/t15-/m0/s1. The Morgan fingerprint density at radius 3 is 2.77 bits per heavy atom. The second-order valence-electron chi connectivity index (χ2n) is 5.21. The summed E-state index contributed by atoms with van der Waals surface area (Å²) in [5.74, 6) is 1.93. The van der Waals surface area contributed by atoms with Crippen molar-refractivity contribution in [2.75, 3.05) is 30.9 Å². The Kier molecular flexibility index (Phi) is 6.14. The van der Waals surface area contributed by atoms with Crippen LogP contribution in [-0.4, -0.2) is 55.5 Å². The molecule has 7 heteroatoms. The first-order valence-electron chi connectivity index (χ1n) is 7.22. The van der Waals surface area contributed by atoms with Gasteiger partial charge in [-0.2, -0.15) is 11.8 Å². The highest BCUT2D eigenvalue weighted by atomic mass is 32.2. The summed E-state index contributed by atoms with van der Waals surface area (Å²) in [6.45, 7) is 0.947. The van der Waals surface area contributed by atoms with E-state index in [2.05, 4.69) is 0 Å². The van der Waals surface area contributed by atoms with Gasteiger partial charge >= 0.3 is 0 Å². The molecule has 0 N–H and O–H groups in total. The van der Waals surface area contributed by atoms with Gasteiger partial charge in [-0.3, -0.25) is 4.79 Å². The average Bonchev–Trinajstić information content (AvgIpc) is 2.51. The first-order valence-corrected chi connectivity index (χ1v) is 10.3. The SMILES string of the molecule is CS(=O)(=O)[C@H]1CSCCN1C(=O)CCCOc1ccccc1. The van der Waals surface area contributed by atoms with Crippen molar-refractivity contribution < 1.29 is 17.9 Å². The number of thioether (sulfide) groups is 1. The fourth-order valence-electron chi connectivity index (χ4n) is 2.29. The first-order chi connectivity index (χ1) is 10.5. The zero-order valence-corrected chi connectivity index (χ0v) is 14.2. The molecule has 0 saturated carbocycles. The van der Waals surface area contributed by atoms with E-state index in [4.69, 9.17) is 4.74 Å². The van der Waals surface area contributed by atoms with Gasteiger partial charge in [0.05, 0.1) is 6.61 Å². The maximum absolute atomic E-state index is 12.3. The number of hydrogen-bond donors (Lipinski definition) is 0. The second kappa shape index (κ2) is 7.87. The Balaban J connectivity index is 1.80. The number of carbonyl (C=O) groups is 1. The monoisotopic (exact) mass is 343 g/mol. The van der Waals surface area contributed by atoms with Gasteiger partial charge in [0.15, 0.2) is 9.84 Å². The Morgan fingerprint density at radius 1 is 1.36 bits per heavy atom. The maximum atomic E-state index is 12.3. The number of sulfone groups is 1. The third kappa shape index (κ3) is 4.91. The van der Waals surface area contributed by atoms with Crippen LogP contribution in [0, 0.1) is 0 Å². The second-order valence-corrected chi connectivity index (χ2v) is 8.56. The van der Waals surface area contributed by atoms with Gasteiger partial charge in [0.1, 0.15) is 11.1 Å². The van der Waals surface area contributed by atoms with Crippen LogP contribution in [0.3, 0.4) is 0 Å². The van der Waals surface area contributed by atoms with Crippen molar-refractivity contribution in [2.24, 2.45) is 0 Å². The van der Waals surface area contributed by atoms with Crippen LogP contribution in [0.1, 0.15) is 12.8 Å². The van der Waals surface area contributed by atoms with Gasteiger partial charge in [-0.15, -0.1) is 0 Å². The van der Waals surface area contributed by atoms with Crippen LogP contribution in [0.25, 0.3) is 0 Å². The largest absolute Gasteiger partial charge is 0.494 e. The van der Waals surface area contributed by atoms with Crippen LogP contribution >= 0.6 is 11.8 Å². The summed E-state index contributed by atoms with van der Waals surface area (Å²) >= 11 is 1.58. The molecule has 1 heterocycles. The molecule has 0 unspecified atom stereocenters. The van der Waals surface area contributed by atoms with Crippen molar-refractivity contribution in [1.82, 2.24) is 4.90 Å². The highest BCUT2D eigenvalue weighted by Crippen LogP contribution is 2.21. The summed E-state index contributed by atoms with van der Waals surface area (Å²) in [7, 11) is -3.24. The molecule has 122 valence electrons. The molecule has 1 aliphatic rings. The smallest absolute Gasteiger partial charge is 0.223 e. The molecule has 1 saturated heterocycles. The highest BCUT2D eigenvalue weighted by molar-refractivity contribution is 8.00. The van der Waals surface area contributed by atoms with E-state index in [1.807, 2.05) is 30.3 Å². The highest BCUT2D eigenvalue weighted by Gasteiger charge is 2.33. The number of amides is 1. The Hall–Kier alpha value is -1.21. The zero-order valence-electron chi connectivity index (χ0n) is 12.6. The van der Waals surface area contributed by atoms with E-state index < -0.39 is 15.2 Å². The number of ether oxygens (including phenoxy) is 1. The van der Waals surface area contributed by atoms with Crippen LogP contribution < -0.4 is 4.74 Å². The minimum Gasteiger partial charge on any atom is -0.494 e. The minimum absolute atomic E-state index is 0.104. The minimum atomic E-state index is -3.24. The molecule has 22 heavy (non-hydrogen) atoms. The first kappa shape index (κ1) is 17.1. The van der Waals surface area contributed by atoms with Crippen molar-refractivity contribution in [3.8, 4) is 5.75 Å². The summed E-state index contributed by atoms with van der Waals surface area (Å²) in [5, 5.41) is -0.686. The molecule has 1 aromatic carbocycles. The van der Waals surface area contributed by atoms with Crippen molar-refractivity contribution in [1.29, 1.82) is 0 Å². The third-order valence-corrected chi connectivity index (χ3v) is 6.09. The summed E-state index contributed by atoms with van der Waals surface area (Å²) < 4.78 is 29.1. The lowest BCUT2D eigenvalue weighted by Crippen LogP contribution is -2.49. The lowest BCUT2D eigenvalue weighted by molar-refractivity contribution is -0.131. The molecule has 2 rings (SSSR count). The maximum Gasteiger partial charge on any atom is 0.223 e. The van der Waals surface area contributed by atoms with E-state index in [1.54, 1.807) is 11.8 Å². The van der Waals surface area contributed by atoms with Crippen LogP contribution in [0.15, 0.2) is 30.3 Å². The van der Waals surface area contributed by atoms with Gasteiger partial charge in [0, 0.05) is 30.7 Å². The van der Waals surface area contributed by atoms with Crippen molar-refractivity contribution in [3.63, 3.8) is 0 Å². The summed E-state index contributed by atoms with van der Waals surface area (Å²) in [4.78, 5) is 13.8. The molecule has 1 aromatic rings. The van der Waals surface area contributed by atoms with Gasteiger partial charge in [-0.05, 0) is 18.6 Å². The van der Waals surface area contributed by atoms with Crippen LogP contribution in [-0.2, 0) is 14.6 Å². The van der Waals surface area contributed by atoms with Crippen molar-refractivity contribution >= 4 is 27.5 Å². The van der Waals surface area contributed by atoms with E-state index in [-0.39, 0.29) is 5.91 Å². The predicted octanol–water partition coefficient (Wildman–Crippen LogP) is 1.79. The molecule has 0 aliphatic carbocycles. The lowest BCUT2D eigenvalue weighted by atomic mass is 10.3. The molecule has 1 amide bonds. The van der Waals surface area contributed by atoms with Gasteiger partial charge in [-0.25, -0.2) is 8.42 Å². The lowest BCUT2D eigenvalue weighted by Gasteiger charge is -2.34. The average molecular weight is 343 g/mol. The molecule has 1 atom stereocenters. The van der Waals surface area contributed by atoms with Gasteiger partial charge in [0.2, 0.25) is 5.91 Å². The quantitative estimate of drug-likeness (QED) is 0.737. The molecular weight excluding hydrogens is 322 g/mol. The van der Waals surface area contributed by atoms with Crippen LogP contribution in [0.2, 0.25) is 0 Å². The number of nitrogens with zero attached hydrogens (tertiary/aromatic N) is 1. The number of rotatable bonds is 6. The molecule has 0 bridgehead atoms. The Bertz CT molecular complexity index is 589. The zero-order chi connectivity index (χ0) is 16.0. The fourth-order valence-corrected chi connectivity index (χ4v) is 5.13. The summed E-state index contributed by atoms with van der Waals surface area (Å²) in [6.07, 6.45) is 2.08. The number of para-hydroxylation sites is 1. The molecule has 1 aliphatic heterocycles. The van der Waals surface area contributed by atoms with Gasteiger partial charge < -0.3 is 9.64 Å². The van der Waals surface area contributed by atoms with E-state index >= 15 is 0 Å². The van der Waals surface area contributed by atoms with E-state index in [1.165, 1.54) is 11.2 Å². The number of hydrogen-bond acceptors (Lipinski definition) is 5. The molecule has 0 aromatic heterocycles.